The van der Waals surface area contributed by atoms with Crippen molar-refractivity contribution in [2.24, 2.45) is 0 Å². The van der Waals surface area contributed by atoms with E-state index in [-0.39, 0.29) is 5.91 Å². The highest BCUT2D eigenvalue weighted by Gasteiger charge is 2.14. The summed E-state index contributed by atoms with van der Waals surface area (Å²) in [6, 6.07) is 5.41. The lowest BCUT2D eigenvalue weighted by Crippen LogP contribution is -2.27. The van der Waals surface area contributed by atoms with E-state index in [0.717, 1.165) is 11.5 Å². The Bertz CT molecular complexity index is 507. The van der Waals surface area contributed by atoms with E-state index < -0.39 is 0 Å². The molecule has 1 N–H and O–H groups in total. The van der Waals surface area contributed by atoms with Crippen molar-refractivity contribution in [1.29, 1.82) is 0 Å². The fourth-order valence-electron chi connectivity index (χ4n) is 1.54. The van der Waals surface area contributed by atoms with Crippen molar-refractivity contribution in [3.63, 3.8) is 0 Å². The molecule has 0 saturated heterocycles. The number of carbonyl (C=O) groups excluding carboxylic acids is 1. The fourth-order valence-corrected chi connectivity index (χ4v) is 1.54. The highest BCUT2D eigenvalue weighted by Crippen LogP contribution is 2.04. The first-order valence-electron chi connectivity index (χ1n) is 5.34. The summed E-state index contributed by atoms with van der Waals surface area (Å²) in [5.74, 6) is 0.651. The zero-order valence-electron chi connectivity index (χ0n) is 9.84. The molecule has 0 saturated carbocycles. The van der Waals surface area contributed by atoms with Crippen molar-refractivity contribution in [2.45, 2.75) is 13.5 Å². The van der Waals surface area contributed by atoms with Crippen LogP contribution in [0.1, 0.15) is 22.0 Å². The van der Waals surface area contributed by atoms with Gasteiger partial charge in [0.2, 0.25) is 0 Å². The van der Waals surface area contributed by atoms with Crippen LogP contribution in [0.15, 0.2) is 30.6 Å². The van der Waals surface area contributed by atoms with Gasteiger partial charge in [-0.15, -0.1) is 0 Å². The molecule has 2 aromatic heterocycles. The Morgan fingerprint density at radius 3 is 2.94 bits per heavy atom. The Kier molecular flexibility index (Phi) is 3.18. The van der Waals surface area contributed by atoms with Gasteiger partial charge >= 0.3 is 0 Å². The van der Waals surface area contributed by atoms with Gasteiger partial charge in [0.25, 0.3) is 5.91 Å². The molecular weight excluding hydrogens is 216 g/mol. The van der Waals surface area contributed by atoms with Crippen LogP contribution in [0.25, 0.3) is 0 Å². The fraction of sp³-hybridized carbons (Fsp3) is 0.250. The van der Waals surface area contributed by atoms with E-state index in [1.165, 1.54) is 0 Å². The molecule has 5 heteroatoms. The molecule has 0 radical (unpaired) electrons. The van der Waals surface area contributed by atoms with Gasteiger partial charge in [0, 0.05) is 25.1 Å². The van der Waals surface area contributed by atoms with Crippen LogP contribution in [0.4, 0.5) is 0 Å². The number of H-pyrrole nitrogens is 1. The SMILES string of the molecule is Cc1cccc(C(=O)N(C)Cc2ncc[nH]2)n1. The molecule has 2 aromatic rings. The van der Waals surface area contributed by atoms with E-state index in [1.54, 1.807) is 30.4 Å². The van der Waals surface area contributed by atoms with Crippen molar-refractivity contribution < 1.29 is 4.79 Å². The number of aromatic amines is 1. The molecule has 17 heavy (non-hydrogen) atoms. The van der Waals surface area contributed by atoms with Crippen molar-refractivity contribution in [2.75, 3.05) is 7.05 Å². The third-order valence-corrected chi connectivity index (χ3v) is 2.40. The number of imidazole rings is 1. The van der Waals surface area contributed by atoms with E-state index in [9.17, 15) is 4.79 Å². The Morgan fingerprint density at radius 1 is 1.47 bits per heavy atom. The third-order valence-electron chi connectivity index (χ3n) is 2.40. The predicted octanol–water partition coefficient (Wildman–Crippen LogP) is 1.39. The molecule has 2 heterocycles. The highest BCUT2D eigenvalue weighted by atomic mass is 16.2. The minimum absolute atomic E-state index is 0.106. The third kappa shape index (κ3) is 2.69. The molecule has 0 atom stereocenters. The summed E-state index contributed by atoms with van der Waals surface area (Å²) < 4.78 is 0. The van der Waals surface area contributed by atoms with Crippen molar-refractivity contribution in [3.8, 4) is 0 Å². The average molecular weight is 230 g/mol. The van der Waals surface area contributed by atoms with Crippen LogP contribution in [-0.4, -0.2) is 32.8 Å². The number of pyridine rings is 1. The first-order chi connectivity index (χ1) is 8.16. The number of carbonyl (C=O) groups is 1. The maximum atomic E-state index is 12.0. The van der Waals surface area contributed by atoms with Gasteiger partial charge in [-0.1, -0.05) is 6.07 Å². The van der Waals surface area contributed by atoms with Crippen molar-refractivity contribution in [3.05, 3.63) is 47.8 Å². The number of amides is 1. The number of hydrogen-bond acceptors (Lipinski definition) is 3. The van der Waals surface area contributed by atoms with Gasteiger partial charge in [-0.3, -0.25) is 4.79 Å². The van der Waals surface area contributed by atoms with Gasteiger partial charge in [-0.2, -0.15) is 0 Å². The number of nitrogens with one attached hydrogen (secondary N) is 1. The zero-order chi connectivity index (χ0) is 12.3. The Labute approximate surface area is 99.5 Å². The number of nitrogens with zero attached hydrogens (tertiary/aromatic N) is 3. The summed E-state index contributed by atoms with van der Waals surface area (Å²) >= 11 is 0. The molecule has 88 valence electrons. The zero-order valence-corrected chi connectivity index (χ0v) is 9.84. The van der Waals surface area contributed by atoms with Crippen LogP contribution in [0.2, 0.25) is 0 Å². The molecule has 5 nitrogen and oxygen atoms in total. The smallest absolute Gasteiger partial charge is 0.272 e. The highest BCUT2D eigenvalue weighted by molar-refractivity contribution is 5.92. The number of hydrogen-bond donors (Lipinski definition) is 1. The summed E-state index contributed by atoms with van der Waals surface area (Å²) in [5.41, 5.74) is 1.29. The average Bonchev–Trinajstić information content (AvgIpc) is 2.80. The van der Waals surface area contributed by atoms with Crippen molar-refractivity contribution >= 4 is 5.91 Å². The lowest BCUT2D eigenvalue weighted by Gasteiger charge is -2.15. The molecule has 0 spiro atoms. The maximum absolute atomic E-state index is 12.0. The molecule has 0 fully saturated rings. The topological polar surface area (TPSA) is 61.9 Å². The van der Waals surface area contributed by atoms with Gasteiger partial charge in [-0.25, -0.2) is 9.97 Å². The van der Waals surface area contributed by atoms with Crippen LogP contribution < -0.4 is 0 Å². The number of rotatable bonds is 3. The largest absolute Gasteiger partial charge is 0.347 e. The minimum Gasteiger partial charge on any atom is -0.347 e. The summed E-state index contributed by atoms with van der Waals surface area (Å²) in [5, 5.41) is 0. The molecule has 0 unspecified atom stereocenters. The van der Waals surface area contributed by atoms with Crippen LogP contribution in [0.5, 0.6) is 0 Å². The van der Waals surface area contributed by atoms with E-state index in [0.29, 0.717) is 12.2 Å². The van der Waals surface area contributed by atoms with E-state index in [1.807, 2.05) is 19.1 Å². The molecule has 0 aliphatic carbocycles. The summed E-state index contributed by atoms with van der Waals surface area (Å²) in [6.07, 6.45) is 3.40. The Morgan fingerprint density at radius 2 is 2.29 bits per heavy atom. The van der Waals surface area contributed by atoms with Crippen LogP contribution in [0, 0.1) is 6.92 Å². The Hall–Kier alpha value is -2.17. The van der Waals surface area contributed by atoms with Gasteiger partial charge in [-0.05, 0) is 19.1 Å². The molecular formula is C12H14N4O. The Balaban J connectivity index is 2.09. The molecule has 0 bridgehead atoms. The van der Waals surface area contributed by atoms with E-state index >= 15 is 0 Å². The first-order valence-corrected chi connectivity index (χ1v) is 5.34. The van der Waals surface area contributed by atoms with Crippen LogP contribution in [-0.2, 0) is 6.54 Å². The predicted molar refractivity (Wildman–Crippen MR) is 63.4 cm³/mol. The number of aromatic nitrogens is 3. The number of aryl methyl sites for hydroxylation is 1. The molecule has 1 amide bonds. The lowest BCUT2D eigenvalue weighted by atomic mass is 10.3. The van der Waals surface area contributed by atoms with Gasteiger partial charge < -0.3 is 9.88 Å². The molecule has 0 aliphatic heterocycles. The second-order valence-corrected chi connectivity index (χ2v) is 3.86. The van der Waals surface area contributed by atoms with E-state index in [4.69, 9.17) is 0 Å². The molecule has 2 rings (SSSR count). The maximum Gasteiger partial charge on any atom is 0.272 e. The summed E-state index contributed by atoms with van der Waals surface area (Å²) in [6.45, 7) is 2.31. The summed E-state index contributed by atoms with van der Waals surface area (Å²) in [7, 11) is 1.73. The quantitative estimate of drug-likeness (QED) is 0.866. The van der Waals surface area contributed by atoms with Crippen LogP contribution in [0.3, 0.4) is 0 Å². The second-order valence-electron chi connectivity index (χ2n) is 3.86. The van der Waals surface area contributed by atoms with E-state index in [2.05, 4.69) is 15.0 Å². The normalized spacial score (nSPS) is 10.2. The molecule has 0 aromatic carbocycles. The monoisotopic (exact) mass is 230 g/mol. The van der Waals surface area contributed by atoms with Gasteiger partial charge in [0.15, 0.2) is 0 Å². The van der Waals surface area contributed by atoms with Gasteiger partial charge in [0.1, 0.15) is 11.5 Å². The summed E-state index contributed by atoms with van der Waals surface area (Å²) in [4.78, 5) is 24.9. The minimum atomic E-state index is -0.106. The molecule has 0 aliphatic rings. The second kappa shape index (κ2) is 4.78. The van der Waals surface area contributed by atoms with Crippen molar-refractivity contribution in [1.82, 2.24) is 19.9 Å². The first kappa shape index (κ1) is 11.3. The van der Waals surface area contributed by atoms with Crippen LogP contribution >= 0.6 is 0 Å². The lowest BCUT2D eigenvalue weighted by molar-refractivity contribution is 0.0776. The standard InChI is InChI=1S/C12H14N4O/c1-9-4-3-5-10(15-9)12(17)16(2)8-11-13-6-7-14-11/h3-7H,8H2,1-2H3,(H,13,14). The van der Waals surface area contributed by atoms with Gasteiger partial charge in [0.05, 0.1) is 6.54 Å².